The van der Waals surface area contributed by atoms with Gasteiger partial charge in [-0.2, -0.15) is 0 Å². The minimum absolute atomic E-state index is 0.385. The zero-order valence-corrected chi connectivity index (χ0v) is 25.8. The predicted molar refractivity (Wildman–Crippen MR) is 168 cm³/mol. The fraction of sp³-hybridized carbons (Fsp3) is 0.605. The number of carbonyl (C=O) groups is 1. The summed E-state index contributed by atoms with van der Waals surface area (Å²) in [4.78, 5) is 14.8. The second kappa shape index (κ2) is 14.0. The van der Waals surface area contributed by atoms with E-state index < -0.39 is 5.41 Å². The van der Waals surface area contributed by atoms with Gasteiger partial charge in [-0.05, 0) is 92.2 Å². The smallest absolute Gasteiger partial charge is 0.178 e. The van der Waals surface area contributed by atoms with E-state index in [1.165, 1.54) is 115 Å². The lowest BCUT2D eigenvalue weighted by Crippen LogP contribution is -2.41. The van der Waals surface area contributed by atoms with Crippen molar-refractivity contribution >= 4 is 5.78 Å². The summed E-state index contributed by atoms with van der Waals surface area (Å²) in [5, 5.41) is 0. The standard InChI is InChI=1S/C38H54O/c1-6-9-12-15-18-30-25-31(19-16-13-10-7-2)27-32(26-30)38(20-17-14-11-8-3)36-24-29(5)22-34(36)33-21-28(4)23-35(33)37(38)39/h23-27H,6-22H2,1-5H3. The third-order valence-corrected chi connectivity index (χ3v) is 9.39. The summed E-state index contributed by atoms with van der Waals surface area (Å²) < 4.78 is 0. The highest BCUT2D eigenvalue weighted by Gasteiger charge is 2.50. The molecule has 1 aromatic carbocycles. The average Bonchev–Trinajstić information content (AvgIpc) is 3.51. The van der Waals surface area contributed by atoms with Crippen LogP contribution in [0.4, 0.5) is 0 Å². The zero-order chi connectivity index (χ0) is 27.8. The number of hydrogen-bond acceptors (Lipinski definition) is 1. The van der Waals surface area contributed by atoms with E-state index >= 15 is 0 Å². The molecular weight excluding hydrogens is 472 g/mol. The molecule has 1 unspecified atom stereocenters. The van der Waals surface area contributed by atoms with Crippen molar-refractivity contribution in [2.24, 2.45) is 0 Å². The van der Waals surface area contributed by atoms with Crippen LogP contribution >= 0.6 is 0 Å². The Morgan fingerprint density at radius 1 is 0.641 bits per heavy atom. The van der Waals surface area contributed by atoms with Crippen LogP contribution in [-0.4, -0.2) is 5.78 Å². The second-order valence-corrected chi connectivity index (χ2v) is 12.8. The van der Waals surface area contributed by atoms with Gasteiger partial charge in [-0.3, -0.25) is 4.79 Å². The van der Waals surface area contributed by atoms with Gasteiger partial charge in [0.05, 0.1) is 5.41 Å². The predicted octanol–water partition coefficient (Wildman–Crippen LogP) is 11.0. The Bertz CT molecular complexity index is 1120. The first-order valence-corrected chi connectivity index (χ1v) is 16.4. The van der Waals surface area contributed by atoms with Crippen molar-refractivity contribution in [3.8, 4) is 0 Å². The first-order valence-electron chi connectivity index (χ1n) is 16.4. The number of allylic oxidation sites excluding steroid dienone is 8. The Hall–Kier alpha value is -2.15. The van der Waals surface area contributed by atoms with Crippen molar-refractivity contribution in [1.82, 2.24) is 0 Å². The van der Waals surface area contributed by atoms with Crippen molar-refractivity contribution in [3.63, 3.8) is 0 Å². The lowest BCUT2D eigenvalue weighted by molar-refractivity contribution is -0.119. The number of benzene rings is 1. The molecule has 1 heteroatoms. The first-order chi connectivity index (χ1) is 18.9. The monoisotopic (exact) mass is 526 g/mol. The summed E-state index contributed by atoms with van der Waals surface area (Å²) in [5.74, 6) is 0.385. The highest BCUT2D eigenvalue weighted by atomic mass is 16.1. The van der Waals surface area contributed by atoms with E-state index in [0.29, 0.717) is 5.78 Å². The number of ketones is 1. The molecule has 1 aromatic rings. The SMILES string of the molecule is CCCCCCc1cc(CCCCCC)cc(C2(CCCCCC)C(=O)C3=C(CC(C)=C3)C3=C2C=C(C)C3)c1. The van der Waals surface area contributed by atoms with Gasteiger partial charge in [0, 0.05) is 5.57 Å². The number of unbranched alkanes of at least 4 members (excludes halogenated alkanes) is 9. The van der Waals surface area contributed by atoms with Gasteiger partial charge in [-0.15, -0.1) is 0 Å². The fourth-order valence-electron chi connectivity index (χ4n) is 7.30. The van der Waals surface area contributed by atoms with E-state index in [9.17, 15) is 4.79 Å². The molecular formula is C38H54O. The quantitative estimate of drug-likeness (QED) is 0.196. The molecule has 0 fully saturated rings. The van der Waals surface area contributed by atoms with E-state index in [1.54, 1.807) is 0 Å². The van der Waals surface area contributed by atoms with Gasteiger partial charge in [0.2, 0.25) is 0 Å². The minimum Gasteiger partial charge on any atom is -0.293 e. The molecule has 0 heterocycles. The maximum Gasteiger partial charge on any atom is 0.178 e. The molecule has 39 heavy (non-hydrogen) atoms. The highest BCUT2D eigenvalue weighted by molar-refractivity contribution is 6.12. The van der Waals surface area contributed by atoms with Gasteiger partial charge in [0.1, 0.15) is 0 Å². The number of hydrogen-bond donors (Lipinski definition) is 0. The van der Waals surface area contributed by atoms with Crippen LogP contribution in [0, 0.1) is 0 Å². The number of carbonyl (C=O) groups excluding carboxylic acids is 1. The van der Waals surface area contributed by atoms with Crippen LogP contribution in [0.15, 0.2) is 63.8 Å². The van der Waals surface area contributed by atoms with Crippen LogP contribution in [-0.2, 0) is 23.1 Å². The molecule has 4 rings (SSSR count). The second-order valence-electron chi connectivity index (χ2n) is 12.8. The van der Waals surface area contributed by atoms with Crippen molar-refractivity contribution in [3.05, 3.63) is 80.5 Å². The molecule has 1 atom stereocenters. The Kier molecular flexibility index (Phi) is 10.7. The number of rotatable bonds is 16. The lowest BCUT2D eigenvalue weighted by atomic mass is 9.61. The van der Waals surface area contributed by atoms with Crippen LogP contribution in [0.3, 0.4) is 0 Å². The van der Waals surface area contributed by atoms with Crippen LogP contribution in [0.2, 0.25) is 0 Å². The van der Waals surface area contributed by atoms with Crippen molar-refractivity contribution < 1.29 is 4.79 Å². The van der Waals surface area contributed by atoms with Crippen molar-refractivity contribution in [2.45, 2.75) is 149 Å². The molecule has 3 aliphatic carbocycles. The highest BCUT2D eigenvalue weighted by Crippen LogP contribution is 2.54. The molecule has 0 spiro atoms. The molecule has 3 aliphatic rings. The van der Waals surface area contributed by atoms with Crippen molar-refractivity contribution in [2.75, 3.05) is 0 Å². The van der Waals surface area contributed by atoms with E-state index in [-0.39, 0.29) is 0 Å². The third kappa shape index (κ3) is 6.61. The van der Waals surface area contributed by atoms with Gasteiger partial charge < -0.3 is 0 Å². The molecule has 0 N–H and O–H groups in total. The molecule has 212 valence electrons. The molecule has 1 nitrogen and oxygen atoms in total. The molecule has 0 bridgehead atoms. The molecule has 0 aliphatic heterocycles. The maximum atomic E-state index is 14.8. The summed E-state index contributed by atoms with van der Waals surface area (Å²) in [5.41, 5.74) is 11.6. The topological polar surface area (TPSA) is 17.1 Å². The summed E-state index contributed by atoms with van der Waals surface area (Å²) in [6.07, 6.45) is 24.8. The number of aryl methyl sites for hydroxylation is 2. The van der Waals surface area contributed by atoms with Gasteiger partial charge in [-0.1, -0.05) is 126 Å². The molecule has 0 aromatic heterocycles. The maximum absolute atomic E-state index is 14.8. The Morgan fingerprint density at radius 2 is 1.18 bits per heavy atom. The van der Waals surface area contributed by atoms with Crippen LogP contribution in [0.1, 0.15) is 148 Å². The first kappa shape index (κ1) is 29.8. The van der Waals surface area contributed by atoms with Crippen LogP contribution in [0.5, 0.6) is 0 Å². The van der Waals surface area contributed by atoms with Gasteiger partial charge in [0.15, 0.2) is 5.78 Å². The summed E-state index contributed by atoms with van der Waals surface area (Å²) in [6.45, 7) is 11.3. The normalized spacial score (nSPS) is 20.5. The number of Topliss-reactive ketones (excluding diaryl/α,β-unsaturated/α-hetero) is 1. The summed E-state index contributed by atoms with van der Waals surface area (Å²) in [7, 11) is 0. The van der Waals surface area contributed by atoms with Crippen LogP contribution in [0.25, 0.3) is 0 Å². The van der Waals surface area contributed by atoms with Gasteiger partial charge in [-0.25, -0.2) is 0 Å². The molecule has 0 radical (unpaired) electrons. The average molecular weight is 527 g/mol. The van der Waals surface area contributed by atoms with E-state index in [0.717, 1.165) is 44.1 Å². The van der Waals surface area contributed by atoms with Gasteiger partial charge in [0.25, 0.3) is 0 Å². The molecule has 0 saturated heterocycles. The molecule has 0 amide bonds. The van der Waals surface area contributed by atoms with Gasteiger partial charge >= 0.3 is 0 Å². The van der Waals surface area contributed by atoms with E-state index in [4.69, 9.17) is 0 Å². The van der Waals surface area contributed by atoms with E-state index in [1.807, 2.05) is 0 Å². The fourth-order valence-corrected chi connectivity index (χ4v) is 7.30. The Balaban J connectivity index is 1.81. The van der Waals surface area contributed by atoms with Crippen LogP contribution < -0.4 is 0 Å². The summed E-state index contributed by atoms with van der Waals surface area (Å²) >= 11 is 0. The minimum atomic E-state index is -0.529. The third-order valence-electron chi connectivity index (χ3n) is 9.39. The summed E-state index contributed by atoms with van der Waals surface area (Å²) in [6, 6.07) is 7.40. The van der Waals surface area contributed by atoms with E-state index in [2.05, 4.69) is 65.0 Å². The van der Waals surface area contributed by atoms with Crippen molar-refractivity contribution in [1.29, 1.82) is 0 Å². The lowest BCUT2D eigenvalue weighted by Gasteiger charge is -2.39. The zero-order valence-electron chi connectivity index (χ0n) is 25.8. The Labute approximate surface area is 239 Å². The largest absolute Gasteiger partial charge is 0.293 e. The molecule has 0 saturated carbocycles. The number of fused-ring (bicyclic) bond motifs is 1. The Morgan fingerprint density at radius 3 is 1.77 bits per heavy atom.